The topological polar surface area (TPSA) is 129 Å². The largest absolute Gasteiger partial charge is 0.523 e. The van der Waals surface area contributed by atoms with Gasteiger partial charge in [-0.1, -0.05) is 96.1 Å². The second kappa shape index (κ2) is 14.6. The summed E-state index contributed by atoms with van der Waals surface area (Å²) in [5, 5.41) is 3.55. The lowest BCUT2D eigenvalue weighted by Crippen LogP contribution is -2.61. The molecule has 0 saturated carbocycles. The van der Waals surface area contributed by atoms with Crippen LogP contribution in [0.2, 0.25) is 0 Å². The van der Waals surface area contributed by atoms with Crippen LogP contribution in [0.3, 0.4) is 0 Å². The van der Waals surface area contributed by atoms with E-state index >= 15 is 0 Å². The van der Waals surface area contributed by atoms with Gasteiger partial charge in [0.05, 0.1) is 26.4 Å². The molecule has 1 aliphatic rings. The van der Waals surface area contributed by atoms with E-state index in [1.54, 1.807) is 54.6 Å². The Morgan fingerprint density at radius 2 is 1.26 bits per heavy atom. The molecular formula is C28H28F3N3O7S. The van der Waals surface area contributed by atoms with Crippen molar-refractivity contribution in [1.82, 2.24) is 0 Å². The van der Waals surface area contributed by atoms with E-state index in [0.29, 0.717) is 5.56 Å². The van der Waals surface area contributed by atoms with Crippen LogP contribution in [0.15, 0.2) is 96.1 Å². The first-order valence-corrected chi connectivity index (χ1v) is 14.2. The third-order valence-corrected chi connectivity index (χ3v) is 7.28. The fraction of sp³-hybridized carbons (Fsp3) is 0.357. The van der Waals surface area contributed by atoms with Crippen LogP contribution >= 0.6 is 0 Å². The highest BCUT2D eigenvalue weighted by molar-refractivity contribution is 7.87. The third kappa shape index (κ3) is 8.52. The zero-order valence-electron chi connectivity index (χ0n) is 22.1. The summed E-state index contributed by atoms with van der Waals surface area (Å²) in [7, 11) is -6.14. The predicted molar refractivity (Wildman–Crippen MR) is 144 cm³/mol. The fourth-order valence-electron chi connectivity index (χ4n) is 4.26. The summed E-state index contributed by atoms with van der Waals surface area (Å²) in [4.78, 5) is 2.71. The van der Waals surface area contributed by atoms with Crippen LogP contribution in [-0.4, -0.2) is 51.2 Å². The Morgan fingerprint density at radius 3 is 1.74 bits per heavy atom. The maximum Gasteiger partial charge on any atom is 0.523 e. The van der Waals surface area contributed by atoms with Crippen molar-refractivity contribution >= 4 is 10.1 Å². The molecule has 3 aromatic carbocycles. The van der Waals surface area contributed by atoms with E-state index in [9.17, 15) is 27.1 Å². The van der Waals surface area contributed by atoms with Gasteiger partial charge in [0.25, 0.3) is 0 Å². The van der Waals surface area contributed by atoms with Crippen molar-refractivity contribution < 1.29 is 44.7 Å². The summed E-state index contributed by atoms with van der Waals surface area (Å²) in [5.74, 6) is 0. The standard InChI is InChI=1S/C28H28F3N3O7S/c29-28(30,31)42(35,36)41-27-24(33-34-32)26(39-18-22-14-8-3-9-15-22)25(38-17-21-12-6-2-7-13-21)23(40-27)19-37-16-20-10-4-1-5-11-20/h1-15,23-27H,16-19H2/t23-,24-,25-,26-,27-/m1/s1. The van der Waals surface area contributed by atoms with Crippen molar-refractivity contribution in [1.29, 1.82) is 0 Å². The number of rotatable bonds is 13. The monoisotopic (exact) mass is 607 g/mol. The molecule has 5 atom stereocenters. The number of nitrogens with zero attached hydrogens (tertiary/aromatic N) is 3. The van der Waals surface area contributed by atoms with E-state index in [4.69, 9.17) is 18.9 Å². The van der Waals surface area contributed by atoms with Gasteiger partial charge in [-0.2, -0.15) is 21.6 Å². The maximum atomic E-state index is 13.3. The molecule has 0 aromatic heterocycles. The van der Waals surface area contributed by atoms with E-state index in [-0.39, 0.29) is 26.4 Å². The van der Waals surface area contributed by atoms with Gasteiger partial charge in [0, 0.05) is 4.91 Å². The van der Waals surface area contributed by atoms with Crippen molar-refractivity contribution in [2.45, 2.75) is 56.0 Å². The van der Waals surface area contributed by atoms with Gasteiger partial charge >= 0.3 is 15.6 Å². The Bertz CT molecular complexity index is 1410. The molecule has 1 fully saturated rings. The molecule has 224 valence electrons. The van der Waals surface area contributed by atoms with E-state index in [1.165, 1.54) is 0 Å². The summed E-state index contributed by atoms with van der Waals surface area (Å²) >= 11 is 0. The molecule has 1 saturated heterocycles. The number of alkyl halides is 3. The van der Waals surface area contributed by atoms with Crippen molar-refractivity contribution in [2.24, 2.45) is 5.11 Å². The molecule has 1 heterocycles. The molecule has 4 rings (SSSR count). The van der Waals surface area contributed by atoms with E-state index in [0.717, 1.165) is 11.1 Å². The Hall–Kier alpha value is -3.49. The molecule has 0 amide bonds. The number of halogens is 3. The summed E-state index contributed by atoms with van der Waals surface area (Å²) in [5.41, 5.74) is 5.80. The molecule has 0 aliphatic carbocycles. The highest BCUT2D eigenvalue weighted by Crippen LogP contribution is 2.34. The van der Waals surface area contributed by atoms with Gasteiger partial charge in [-0.05, 0) is 22.2 Å². The summed E-state index contributed by atoms with van der Waals surface area (Å²) in [6, 6.07) is 25.3. The first-order chi connectivity index (χ1) is 20.2. The van der Waals surface area contributed by atoms with Crippen LogP contribution in [0.4, 0.5) is 13.2 Å². The van der Waals surface area contributed by atoms with Gasteiger partial charge in [-0.25, -0.2) is 4.18 Å². The molecule has 42 heavy (non-hydrogen) atoms. The van der Waals surface area contributed by atoms with Crippen LogP contribution < -0.4 is 0 Å². The zero-order chi connectivity index (χ0) is 30.0. The number of hydrogen-bond donors (Lipinski definition) is 0. The average molecular weight is 608 g/mol. The second-order valence-corrected chi connectivity index (χ2v) is 10.8. The van der Waals surface area contributed by atoms with Crippen LogP contribution in [0.5, 0.6) is 0 Å². The predicted octanol–water partition coefficient (Wildman–Crippen LogP) is 5.64. The Morgan fingerprint density at radius 1 is 0.786 bits per heavy atom. The van der Waals surface area contributed by atoms with E-state index in [2.05, 4.69) is 14.2 Å². The first-order valence-electron chi connectivity index (χ1n) is 12.8. The molecule has 0 bridgehead atoms. The Balaban J connectivity index is 1.66. The molecule has 0 spiro atoms. The van der Waals surface area contributed by atoms with Gasteiger partial charge in [0.1, 0.15) is 24.4 Å². The van der Waals surface area contributed by atoms with Gasteiger partial charge in [0.15, 0.2) is 6.29 Å². The molecule has 3 aromatic rings. The minimum atomic E-state index is -6.14. The summed E-state index contributed by atoms with van der Waals surface area (Å²) in [6.45, 7) is -0.155. The maximum absolute atomic E-state index is 13.3. The van der Waals surface area contributed by atoms with Crippen LogP contribution in [0, 0.1) is 0 Å². The van der Waals surface area contributed by atoms with Crippen LogP contribution in [0.1, 0.15) is 16.7 Å². The zero-order valence-corrected chi connectivity index (χ0v) is 22.9. The van der Waals surface area contributed by atoms with Crippen LogP contribution in [0.25, 0.3) is 10.4 Å². The lowest BCUT2D eigenvalue weighted by Gasteiger charge is -2.44. The van der Waals surface area contributed by atoms with Crippen molar-refractivity contribution in [2.75, 3.05) is 6.61 Å². The number of azide groups is 1. The number of benzene rings is 3. The van der Waals surface area contributed by atoms with E-state index in [1.807, 2.05) is 36.4 Å². The third-order valence-electron chi connectivity index (χ3n) is 6.27. The first kappa shape index (κ1) is 31.4. The normalized spacial score (nSPS) is 22.8. The number of ether oxygens (including phenoxy) is 4. The highest BCUT2D eigenvalue weighted by atomic mass is 32.2. The average Bonchev–Trinajstić information content (AvgIpc) is 2.98. The molecule has 0 N–H and O–H groups in total. The molecular weight excluding hydrogens is 579 g/mol. The molecule has 0 unspecified atom stereocenters. The summed E-state index contributed by atoms with van der Waals surface area (Å²) < 4.78 is 92.1. The van der Waals surface area contributed by atoms with E-state index < -0.39 is 46.3 Å². The van der Waals surface area contributed by atoms with Crippen molar-refractivity contribution in [3.05, 3.63) is 118 Å². The lowest BCUT2D eigenvalue weighted by atomic mass is 9.96. The van der Waals surface area contributed by atoms with Crippen molar-refractivity contribution in [3.63, 3.8) is 0 Å². The van der Waals surface area contributed by atoms with Gasteiger partial charge in [-0.15, -0.1) is 0 Å². The van der Waals surface area contributed by atoms with Crippen LogP contribution in [-0.2, 0) is 53.1 Å². The smallest absolute Gasteiger partial charge is 0.374 e. The molecule has 1 aliphatic heterocycles. The fourth-order valence-corrected chi connectivity index (χ4v) is 4.78. The highest BCUT2D eigenvalue weighted by Gasteiger charge is 2.54. The Kier molecular flexibility index (Phi) is 10.9. The number of hydrogen-bond acceptors (Lipinski definition) is 8. The van der Waals surface area contributed by atoms with Gasteiger partial charge in [-0.3, -0.25) is 0 Å². The quantitative estimate of drug-likeness (QED) is 0.0808. The SMILES string of the molecule is [N-]=[N+]=N[C@H]1[C@@H](OS(=O)(=O)C(F)(F)F)O[C@H](COCc2ccccc2)[C@@H](OCc2ccccc2)[C@@H]1OCc1ccccc1. The van der Waals surface area contributed by atoms with Gasteiger partial charge < -0.3 is 18.9 Å². The minimum absolute atomic E-state index is 0.0324. The lowest BCUT2D eigenvalue weighted by molar-refractivity contribution is -0.266. The Labute approximate surface area is 240 Å². The summed E-state index contributed by atoms with van der Waals surface area (Å²) in [6.07, 6.45) is -5.74. The second-order valence-electron chi connectivity index (χ2n) is 9.26. The van der Waals surface area contributed by atoms with Crippen molar-refractivity contribution in [3.8, 4) is 0 Å². The minimum Gasteiger partial charge on any atom is -0.374 e. The molecule has 10 nitrogen and oxygen atoms in total. The molecule has 0 radical (unpaired) electrons. The van der Waals surface area contributed by atoms with Gasteiger partial charge in [0.2, 0.25) is 0 Å². The molecule has 14 heteroatoms.